The highest BCUT2D eigenvalue weighted by atomic mass is 16.3. The minimum atomic E-state index is 0.668. The number of hydrogen-bond donors (Lipinski definition) is 0. The van der Waals surface area contributed by atoms with Crippen molar-refractivity contribution in [3.63, 3.8) is 0 Å². The molecule has 0 bridgehead atoms. The van der Waals surface area contributed by atoms with E-state index in [1.165, 1.54) is 0 Å². The maximum Gasteiger partial charge on any atom is 0.160 e. The highest BCUT2D eigenvalue weighted by molar-refractivity contribution is 6.17. The van der Waals surface area contributed by atoms with Gasteiger partial charge in [-0.05, 0) is 65.2 Å². The molecule has 262 valence electrons. The Morgan fingerprint density at radius 3 is 1.66 bits per heavy atom. The molecule has 0 aliphatic heterocycles. The number of nitrogens with zero attached hydrogens (tertiary/aromatic N) is 3. The molecule has 0 saturated carbocycles. The fraction of sp³-hybridized carbons (Fsp3) is 0. The lowest BCUT2D eigenvalue weighted by molar-refractivity contribution is 0.668. The van der Waals surface area contributed by atoms with E-state index in [1.807, 2.05) is 66.9 Å². The third-order valence-corrected chi connectivity index (χ3v) is 10.6. The van der Waals surface area contributed by atoms with Crippen LogP contribution in [0, 0.1) is 0 Å². The van der Waals surface area contributed by atoms with Gasteiger partial charge in [-0.15, -0.1) is 0 Å². The van der Waals surface area contributed by atoms with E-state index < -0.39 is 0 Å². The molecule has 0 spiro atoms. The van der Waals surface area contributed by atoms with E-state index in [2.05, 4.69) is 126 Å². The number of aromatic nitrogens is 3. The molecular formula is C51H31N3O2. The Labute approximate surface area is 322 Å². The minimum absolute atomic E-state index is 0.668. The molecule has 11 rings (SSSR count). The van der Waals surface area contributed by atoms with Crippen LogP contribution in [0.4, 0.5) is 0 Å². The zero-order valence-electron chi connectivity index (χ0n) is 30.1. The average Bonchev–Trinajstić information content (AvgIpc) is 3.85. The second-order valence-electron chi connectivity index (χ2n) is 14.0. The second-order valence-corrected chi connectivity index (χ2v) is 14.0. The molecule has 0 aliphatic rings. The summed E-state index contributed by atoms with van der Waals surface area (Å²) in [6.07, 6.45) is 1.81. The second kappa shape index (κ2) is 13.0. The molecule has 5 heteroatoms. The summed E-state index contributed by atoms with van der Waals surface area (Å²) < 4.78 is 12.8. The van der Waals surface area contributed by atoms with E-state index in [4.69, 9.17) is 18.8 Å². The molecule has 0 amide bonds. The van der Waals surface area contributed by atoms with Gasteiger partial charge in [0, 0.05) is 55.6 Å². The molecule has 0 aliphatic carbocycles. The Kier molecular flexibility index (Phi) is 7.42. The zero-order chi connectivity index (χ0) is 37.0. The van der Waals surface area contributed by atoms with Gasteiger partial charge in [0.25, 0.3) is 0 Å². The molecule has 0 radical (unpaired) electrons. The number of para-hydroxylation sites is 2. The molecule has 0 saturated heterocycles. The fourth-order valence-electron chi connectivity index (χ4n) is 7.81. The van der Waals surface area contributed by atoms with Crippen LogP contribution in [0.15, 0.2) is 197 Å². The molecule has 5 nitrogen and oxygen atoms in total. The zero-order valence-corrected chi connectivity index (χ0v) is 30.1. The van der Waals surface area contributed by atoms with Crippen LogP contribution in [0.2, 0.25) is 0 Å². The van der Waals surface area contributed by atoms with Crippen LogP contribution in [0.5, 0.6) is 0 Å². The third kappa shape index (κ3) is 5.45. The molecular weight excluding hydrogens is 687 g/mol. The Morgan fingerprint density at radius 1 is 0.339 bits per heavy atom. The molecule has 0 atom stereocenters. The van der Waals surface area contributed by atoms with Crippen molar-refractivity contribution in [1.29, 1.82) is 0 Å². The number of benzene rings is 7. The summed E-state index contributed by atoms with van der Waals surface area (Å²) in [5, 5.41) is 4.37. The summed E-state index contributed by atoms with van der Waals surface area (Å²) in [4.78, 5) is 14.7. The van der Waals surface area contributed by atoms with Gasteiger partial charge in [0.1, 0.15) is 22.3 Å². The minimum Gasteiger partial charge on any atom is -0.456 e. The van der Waals surface area contributed by atoms with E-state index in [0.717, 1.165) is 105 Å². The van der Waals surface area contributed by atoms with Crippen LogP contribution in [0.1, 0.15) is 0 Å². The van der Waals surface area contributed by atoms with Crippen molar-refractivity contribution in [2.24, 2.45) is 0 Å². The van der Waals surface area contributed by atoms with E-state index in [-0.39, 0.29) is 0 Å². The number of pyridine rings is 1. The third-order valence-electron chi connectivity index (χ3n) is 10.6. The first-order chi connectivity index (χ1) is 27.7. The number of furan rings is 2. The first-order valence-corrected chi connectivity index (χ1v) is 18.7. The van der Waals surface area contributed by atoms with Crippen LogP contribution in [-0.4, -0.2) is 15.0 Å². The molecule has 7 aromatic carbocycles. The van der Waals surface area contributed by atoms with Gasteiger partial charge in [-0.2, -0.15) is 0 Å². The van der Waals surface area contributed by atoms with Gasteiger partial charge < -0.3 is 8.83 Å². The Bertz CT molecular complexity index is 3220. The van der Waals surface area contributed by atoms with E-state index in [1.54, 1.807) is 0 Å². The maximum absolute atomic E-state index is 6.67. The van der Waals surface area contributed by atoms with Gasteiger partial charge in [-0.3, -0.25) is 4.98 Å². The van der Waals surface area contributed by atoms with Crippen LogP contribution >= 0.6 is 0 Å². The largest absolute Gasteiger partial charge is 0.456 e. The van der Waals surface area contributed by atoms with Crippen molar-refractivity contribution in [3.8, 4) is 67.4 Å². The van der Waals surface area contributed by atoms with Gasteiger partial charge in [0.15, 0.2) is 5.82 Å². The molecule has 4 aromatic heterocycles. The van der Waals surface area contributed by atoms with Crippen molar-refractivity contribution in [3.05, 3.63) is 188 Å². The summed E-state index contributed by atoms with van der Waals surface area (Å²) in [5.74, 6) is 0.668. The number of hydrogen-bond acceptors (Lipinski definition) is 5. The average molecular weight is 718 g/mol. The lowest BCUT2D eigenvalue weighted by atomic mass is 9.93. The van der Waals surface area contributed by atoms with Crippen molar-refractivity contribution in [1.82, 2.24) is 15.0 Å². The number of rotatable bonds is 6. The highest BCUT2D eigenvalue weighted by Crippen LogP contribution is 2.43. The highest BCUT2D eigenvalue weighted by Gasteiger charge is 2.19. The standard InChI is InChI=1S/C51H31N3O2/c1-2-10-33(11-3-1)44-31-45(54-51(53-44)36-23-21-34(22-24-36)43-14-8-9-29-52-43)35-19-17-32(18-20-35)38-26-27-39(50-49(38)41-13-5-7-16-47(41)56-50)37-25-28-48-42(30-37)40-12-4-6-15-46(40)55-48/h1-31H. The Hall–Kier alpha value is -7.63. The topological polar surface area (TPSA) is 65.0 Å². The fourth-order valence-corrected chi connectivity index (χ4v) is 7.81. The van der Waals surface area contributed by atoms with Crippen LogP contribution in [-0.2, 0) is 0 Å². The molecule has 4 heterocycles. The normalized spacial score (nSPS) is 11.6. The van der Waals surface area contributed by atoms with Crippen molar-refractivity contribution < 1.29 is 8.83 Å². The molecule has 56 heavy (non-hydrogen) atoms. The summed E-state index contributed by atoms with van der Waals surface area (Å²) in [7, 11) is 0. The predicted octanol–water partition coefficient (Wildman–Crippen LogP) is 13.7. The van der Waals surface area contributed by atoms with Crippen LogP contribution < -0.4 is 0 Å². The Morgan fingerprint density at radius 2 is 0.911 bits per heavy atom. The van der Waals surface area contributed by atoms with Gasteiger partial charge in [-0.25, -0.2) is 9.97 Å². The van der Waals surface area contributed by atoms with Crippen LogP contribution in [0.3, 0.4) is 0 Å². The molecule has 11 aromatic rings. The van der Waals surface area contributed by atoms with E-state index in [9.17, 15) is 0 Å². The van der Waals surface area contributed by atoms with E-state index >= 15 is 0 Å². The summed E-state index contributed by atoms with van der Waals surface area (Å²) >= 11 is 0. The predicted molar refractivity (Wildman–Crippen MR) is 227 cm³/mol. The summed E-state index contributed by atoms with van der Waals surface area (Å²) in [6, 6.07) is 62.5. The van der Waals surface area contributed by atoms with E-state index in [0.29, 0.717) is 5.82 Å². The smallest absolute Gasteiger partial charge is 0.160 e. The summed E-state index contributed by atoms with van der Waals surface area (Å²) in [6.45, 7) is 0. The first kappa shape index (κ1) is 31.9. The molecule has 0 N–H and O–H groups in total. The molecule has 0 fully saturated rings. The van der Waals surface area contributed by atoms with Gasteiger partial charge in [0.05, 0.1) is 17.1 Å². The van der Waals surface area contributed by atoms with Crippen LogP contribution in [0.25, 0.3) is 111 Å². The lowest BCUT2D eigenvalue weighted by Crippen LogP contribution is -1.96. The van der Waals surface area contributed by atoms with Crippen molar-refractivity contribution >= 4 is 43.9 Å². The SMILES string of the molecule is c1ccc(-c2cc(-c3ccc(-c4ccc(-c5ccc6oc7ccccc7c6c5)c5oc6ccccc6c45)cc3)nc(-c3ccc(-c4ccccn4)cc3)n2)cc1. The Balaban J connectivity index is 1.01. The quantitative estimate of drug-likeness (QED) is 0.171. The maximum atomic E-state index is 6.67. The first-order valence-electron chi connectivity index (χ1n) is 18.7. The lowest BCUT2D eigenvalue weighted by Gasteiger charge is -2.11. The van der Waals surface area contributed by atoms with Crippen molar-refractivity contribution in [2.75, 3.05) is 0 Å². The monoisotopic (exact) mass is 717 g/mol. The van der Waals surface area contributed by atoms with Crippen molar-refractivity contribution in [2.45, 2.75) is 0 Å². The summed E-state index contributed by atoms with van der Waals surface area (Å²) in [5.41, 5.74) is 14.5. The van der Waals surface area contributed by atoms with Gasteiger partial charge >= 0.3 is 0 Å². The van der Waals surface area contributed by atoms with Gasteiger partial charge in [0.2, 0.25) is 0 Å². The molecule has 0 unspecified atom stereocenters. The number of fused-ring (bicyclic) bond motifs is 6. The van der Waals surface area contributed by atoms with Gasteiger partial charge in [-0.1, -0.05) is 133 Å².